The predicted octanol–water partition coefficient (Wildman–Crippen LogP) is 1.82. The third-order valence-corrected chi connectivity index (χ3v) is 2.78. The number of carbonyl (C=O) groups excluding carboxylic acids is 1. The van der Waals surface area contributed by atoms with E-state index >= 15 is 0 Å². The molecule has 0 aliphatic carbocycles. The Bertz CT molecular complexity index is 421. The second-order valence-electron chi connectivity index (χ2n) is 4.19. The number of carbonyl (C=O) groups is 1. The summed E-state index contributed by atoms with van der Waals surface area (Å²) >= 11 is 0. The number of benzene rings is 1. The van der Waals surface area contributed by atoms with Crippen molar-refractivity contribution >= 4 is 11.6 Å². The van der Waals surface area contributed by atoms with E-state index in [1.807, 2.05) is 13.8 Å². The molecule has 1 atom stereocenters. The number of amides is 1. The molecule has 1 amide bonds. The molecule has 0 heterocycles. The highest BCUT2D eigenvalue weighted by molar-refractivity contribution is 6.02. The summed E-state index contributed by atoms with van der Waals surface area (Å²) in [6.45, 7) is 4.81. The molecule has 0 saturated heterocycles. The molecule has 0 saturated carbocycles. The van der Waals surface area contributed by atoms with Crippen LogP contribution in [0.3, 0.4) is 0 Å². The second kappa shape index (κ2) is 7.63. The van der Waals surface area contributed by atoms with Crippen LogP contribution in [0.25, 0.3) is 0 Å². The quantitative estimate of drug-likeness (QED) is 0.738. The van der Waals surface area contributed by atoms with E-state index in [1.165, 1.54) is 0 Å². The van der Waals surface area contributed by atoms with Gasteiger partial charge >= 0.3 is 0 Å². The smallest absolute Gasteiger partial charge is 0.257 e. The molecule has 1 unspecified atom stereocenters. The van der Waals surface area contributed by atoms with Crippen molar-refractivity contribution in [3.8, 4) is 5.75 Å². The Labute approximate surface area is 114 Å². The summed E-state index contributed by atoms with van der Waals surface area (Å²) in [5.74, 6) is 0.276. The van der Waals surface area contributed by atoms with E-state index in [9.17, 15) is 4.79 Å². The van der Waals surface area contributed by atoms with Crippen molar-refractivity contribution in [2.24, 2.45) is 0 Å². The zero-order valence-electron chi connectivity index (χ0n) is 11.7. The second-order valence-corrected chi connectivity index (χ2v) is 4.19. The summed E-state index contributed by atoms with van der Waals surface area (Å²) in [5, 5.41) is 2.90. The van der Waals surface area contributed by atoms with Crippen LogP contribution in [0.15, 0.2) is 18.2 Å². The average Bonchev–Trinajstić information content (AvgIpc) is 2.38. The van der Waals surface area contributed by atoms with Gasteiger partial charge in [-0.3, -0.25) is 4.79 Å². The summed E-state index contributed by atoms with van der Waals surface area (Å²) in [5.41, 5.74) is 6.67. The molecule has 0 aromatic heterocycles. The van der Waals surface area contributed by atoms with Crippen molar-refractivity contribution < 1.29 is 14.3 Å². The molecule has 5 nitrogen and oxygen atoms in total. The van der Waals surface area contributed by atoms with Gasteiger partial charge in [-0.25, -0.2) is 0 Å². The summed E-state index contributed by atoms with van der Waals surface area (Å²) in [6, 6.07) is 5.16. The van der Waals surface area contributed by atoms with Crippen molar-refractivity contribution in [2.45, 2.75) is 26.3 Å². The van der Waals surface area contributed by atoms with Crippen molar-refractivity contribution in [1.29, 1.82) is 0 Å². The van der Waals surface area contributed by atoms with Crippen LogP contribution in [0.1, 0.15) is 30.6 Å². The van der Waals surface area contributed by atoms with Gasteiger partial charge in [0.2, 0.25) is 0 Å². The maximum absolute atomic E-state index is 12.3. The van der Waals surface area contributed by atoms with E-state index in [-0.39, 0.29) is 11.9 Å². The van der Waals surface area contributed by atoms with Crippen LogP contribution < -0.4 is 15.8 Å². The van der Waals surface area contributed by atoms with Gasteiger partial charge < -0.3 is 20.5 Å². The third-order valence-electron chi connectivity index (χ3n) is 2.78. The third kappa shape index (κ3) is 4.13. The number of rotatable bonds is 7. The van der Waals surface area contributed by atoms with Gasteiger partial charge in [-0.2, -0.15) is 0 Å². The number of nitrogens with one attached hydrogen (secondary N) is 1. The highest BCUT2D eigenvalue weighted by Crippen LogP contribution is 2.24. The monoisotopic (exact) mass is 266 g/mol. The van der Waals surface area contributed by atoms with Crippen LogP contribution in [0.4, 0.5) is 5.69 Å². The van der Waals surface area contributed by atoms with Crippen molar-refractivity contribution in [3.63, 3.8) is 0 Å². The van der Waals surface area contributed by atoms with Crippen LogP contribution in [0.5, 0.6) is 5.75 Å². The molecule has 0 aliphatic heterocycles. The van der Waals surface area contributed by atoms with Crippen LogP contribution >= 0.6 is 0 Å². The molecule has 0 fully saturated rings. The van der Waals surface area contributed by atoms with E-state index in [4.69, 9.17) is 15.2 Å². The first-order chi connectivity index (χ1) is 9.13. The molecule has 5 heteroatoms. The molecule has 1 aromatic carbocycles. The van der Waals surface area contributed by atoms with Gasteiger partial charge in [0.05, 0.1) is 19.3 Å². The SMILES string of the molecule is CCOc1cccc(N)c1C(=O)NC(CC)COC. The highest BCUT2D eigenvalue weighted by Gasteiger charge is 2.18. The average molecular weight is 266 g/mol. The molecule has 0 radical (unpaired) electrons. The molecule has 19 heavy (non-hydrogen) atoms. The van der Waals surface area contributed by atoms with E-state index in [2.05, 4.69) is 5.32 Å². The zero-order valence-corrected chi connectivity index (χ0v) is 11.7. The number of nitrogen functional groups attached to an aromatic ring is 1. The summed E-state index contributed by atoms with van der Waals surface area (Å²) in [7, 11) is 1.61. The van der Waals surface area contributed by atoms with Gasteiger partial charge in [-0.1, -0.05) is 13.0 Å². The lowest BCUT2D eigenvalue weighted by molar-refractivity contribution is 0.0892. The van der Waals surface area contributed by atoms with Crippen LogP contribution in [-0.4, -0.2) is 32.3 Å². The maximum atomic E-state index is 12.3. The topological polar surface area (TPSA) is 73.6 Å². The lowest BCUT2D eigenvalue weighted by Crippen LogP contribution is -2.38. The summed E-state index contributed by atoms with van der Waals surface area (Å²) in [4.78, 5) is 12.3. The number of methoxy groups -OCH3 is 1. The fraction of sp³-hybridized carbons (Fsp3) is 0.500. The lowest BCUT2D eigenvalue weighted by Gasteiger charge is -2.18. The van der Waals surface area contributed by atoms with Crippen molar-refractivity contribution in [3.05, 3.63) is 23.8 Å². The van der Waals surface area contributed by atoms with Gasteiger partial charge in [0.25, 0.3) is 5.91 Å². The standard InChI is InChI=1S/C14H22N2O3/c1-4-10(9-18-3)16-14(17)13-11(15)7-6-8-12(13)19-5-2/h6-8,10H,4-5,9,15H2,1-3H3,(H,16,17). The Morgan fingerprint density at radius 2 is 2.16 bits per heavy atom. The van der Waals surface area contributed by atoms with Gasteiger partial charge in [0.1, 0.15) is 11.3 Å². The molecular weight excluding hydrogens is 244 g/mol. The first-order valence-corrected chi connectivity index (χ1v) is 6.45. The number of hydrogen-bond acceptors (Lipinski definition) is 4. The number of ether oxygens (including phenoxy) is 2. The van der Waals surface area contributed by atoms with Gasteiger partial charge in [0.15, 0.2) is 0 Å². The molecule has 106 valence electrons. The van der Waals surface area contributed by atoms with E-state index in [0.717, 1.165) is 6.42 Å². The first kappa shape index (κ1) is 15.3. The molecule has 1 rings (SSSR count). The fourth-order valence-corrected chi connectivity index (χ4v) is 1.79. The summed E-state index contributed by atoms with van der Waals surface area (Å²) < 4.78 is 10.5. The molecule has 3 N–H and O–H groups in total. The zero-order chi connectivity index (χ0) is 14.3. The minimum Gasteiger partial charge on any atom is -0.493 e. The Kier molecular flexibility index (Phi) is 6.15. The predicted molar refractivity (Wildman–Crippen MR) is 75.4 cm³/mol. The van der Waals surface area contributed by atoms with Crippen LogP contribution in [0.2, 0.25) is 0 Å². The normalized spacial score (nSPS) is 11.9. The van der Waals surface area contributed by atoms with Gasteiger partial charge in [-0.15, -0.1) is 0 Å². The highest BCUT2D eigenvalue weighted by atomic mass is 16.5. The molecule has 0 aliphatic rings. The Morgan fingerprint density at radius 3 is 2.74 bits per heavy atom. The molecule has 0 spiro atoms. The van der Waals surface area contributed by atoms with Crippen molar-refractivity contribution in [2.75, 3.05) is 26.1 Å². The minimum absolute atomic E-state index is 0.0356. The largest absolute Gasteiger partial charge is 0.493 e. The fourth-order valence-electron chi connectivity index (χ4n) is 1.79. The number of nitrogens with two attached hydrogens (primary N) is 1. The first-order valence-electron chi connectivity index (χ1n) is 6.45. The Balaban J connectivity index is 2.91. The number of anilines is 1. The van der Waals surface area contributed by atoms with Gasteiger partial charge in [0, 0.05) is 12.8 Å². The number of hydrogen-bond donors (Lipinski definition) is 2. The van der Waals surface area contributed by atoms with E-state index < -0.39 is 0 Å². The van der Waals surface area contributed by atoms with Crippen molar-refractivity contribution in [1.82, 2.24) is 5.32 Å². The lowest BCUT2D eigenvalue weighted by atomic mass is 10.1. The van der Waals surface area contributed by atoms with E-state index in [0.29, 0.717) is 30.2 Å². The molecular formula is C14H22N2O3. The van der Waals surface area contributed by atoms with Gasteiger partial charge in [-0.05, 0) is 25.5 Å². The maximum Gasteiger partial charge on any atom is 0.257 e. The van der Waals surface area contributed by atoms with E-state index in [1.54, 1.807) is 25.3 Å². The Hall–Kier alpha value is -1.75. The molecule has 1 aromatic rings. The molecule has 0 bridgehead atoms. The Morgan fingerprint density at radius 1 is 1.42 bits per heavy atom. The van der Waals surface area contributed by atoms with Crippen LogP contribution in [-0.2, 0) is 4.74 Å². The summed E-state index contributed by atoms with van der Waals surface area (Å²) in [6.07, 6.45) is 0.788. The van der Waals surface area contributed by atoms with Crippen LogP contribution in [0, 0.1) is 0 Å². The minimum atomic E-state index is -0.231.